The van der Waals surface area contributed by atoms with Crippen molar-refractivity contribution in [1.82, 2.24) is 9.80 Å². The van der Waals surface area contributed by atoms with Crippen molar-refractivity contribution < 1.29 is 14.7 Å². The third-order valence-electron chi connectivity index (χ3n) is 2.41. The number of carboxylic acids is 1. The summed E-state index contributed by atoms with van der Waals surface area (Å²) in [5.74, 6) is -0.994. The molecule has 0 bridgehead atoms. The molecule has 0 aliphatic carbocycles. The lowest BCUT2D eigenvalue weighted by Gasteiger charge is -2.30. The van der Waals surface area contributed by atoms with E-state index in [4.69, 9.17) is 5.11 Å². The number of aliphatic carboxylic acids is 1. The van der Waals surface area contributed by atoms with E-state index in [1.54, 1.807) is 4.90 Å². The Labute approximate surface area is 90.7 Å². The van der Waals surface area contributed by atoms with Gasteiger partial charge in [-0.2, -0.15) is 0 Å². The van der Waals surface area contributed by atoms with Crippen molar-refractivity contribution in [2.75, 3.05) is 20.1 Å². The summed E-state index contributed by atoms with van der Waals surface area (Å²) in [7, 11) is 1.50. The van der Waals surface area contributed by atoms with E-state index in [9.17, 15) is 9.59 Å². The zero-order valence-electron chi connectivity index (χ0n) is 9.86. The molecule has 0 aromatic rings. The highest BCUT2D eigenvalue weighted by Crippen LogP contribution is 2.06. The maximum absolute atomic E-state index is 11.8. The molecular formula is C10H20N2O3. The minimum Gasteiger partial charge on any atom is -0.480 e. The number of rotatable bonds is 5. The molecule has 1 unspecified atom stereocenters. The van der Waals surface area contributed by atoms with E-state index in [0.29, 0.717) is 6.54 Å². The molecule has 1 N–H and O–H groups in total. The van der Waals surface area contributed by atoms with Crippen molar-refractivity contribution in [1.29, 1.82) is 0 Å². The lowest BCUT2D eigenvalue weighted by molar-refractivity contribution is -0.137. The number of carboxylic acid groups (broad SMARTS) is 1. The van der Waals surface area contributed by atoms with Crippen LogP contribution in [0.5, 0.6) is 0 Å². The van der Waals surface area contributed by atoms with Gasteiger partial charge in [0, 0.05) is 19.6 Å². The number of urea groups is 1. The van der Waals surface area contributed by atoms with E-state index in [-0.39, 0.29) is 18.6 Å². The van der Waals surface area contributed by atoms with Crippen molar-refractivity contribution in [3.05, 3.63) is 0 Å². The fourth-order valence-corrected chi connectivity index (χ4v) is 1.35. The molecule has 1 atom stereocenters. The standard InChI is InChI=1S/C10H20N2O3/c1-5-8(3)12(6-2)10(15)11(4)7-9(13)14/h8H,5-7H2,1-4H3,(H,13,14). The van der Waals surface area contributed by atoms with Crippen LogP contribution in [-0.4, -0.2) is 53.1 Å². The van der Waals surface area contributed by atoms with E-state index in [1.807, 2.05) is 20.8 Å². The molecule has 0 radical (unpaired) electrons. The smallest absolute Gasteiger partial charge is 0.323 e. The Kier molecular flexibility index (Phi) is 5.74. The predicted octanol–water partition coefficient (Wildman–Crippen LogP) is 1.24. The van der Waals surface area contributed by atoms with Gasteiger partial charge in [0.05, 0.1) is 0 Å². The van der Waals surface area contributed by atoms with Gasteiger partial charge in [0.25, 0.3) is 0 Å². The SMILES string of the molecule is CCC(C)N(CC)C(=O)N(C)CC(=O)O. The molecule has 0 saturated carbocycles. The van der Waals surface area contributed by atoms with E-state index >= 15 is 0 Å². The molecule has 0 aromatic carbocycles. The number of carbonyl (C=O) groups is 2. The molecule has 88 valence electrons. The second kappa shape index (κ2) is 6.27. The van der Waals surface area contributed by atoms with Gasteiger partial charge in [0.1, 0.15) is 6.54 Å². The van der Waals surface area contributed by atoms with Gasteiger partial charge in [-0.05, 0) is 20.3 Å². The summed E-state index contributed by atoms with van der Waals surface area (Å²) in [6, 6.07) is -0.0898. The quantitative estimate of drug-likeness (QED) is 0.752. The molecule has 2 amide bonds. The highest BCUT2D eigenvalue weighted by molar-refractivity contribution is 5.80. The van der Waals surface area contributed by atoms with Crippen LogP contribution in [0.1, 0.15) is 27.2 Å². The highest BCUT2D eigenvalue weighted by atomic mass is 16.4. The van der Waals surface area contributed by atoms with Gasteiger partial charge >= 0.3 is 12.0 Å². The van der Waals surface area contributed by atoms with Gasteiger partial charge in [-0.25, -0.2) is 4.79 Å². The Bertz CT molecular complexity index is 231. The zero-order valence-corrected chi connectivity index (χ0v) is 9.86. The summed E-state index contributed by atoms with van der Waals surface area (Å²) in [6.45, 7) is 6.18. The van der Waals surface area contributed by atoms with Gasteiger partial charge < -0.3 is 14.9 Å². The van der Waals surface area contributed by atoms with Gasteiger partial charge in [-0.3, -0.25) is 4.79 Å². The molecule has 0 spiro atoms. The van der Waals surface area contributed by atoms with Crippen molar-refractivity contribution in [3.8, 4) is 0 Å². The molecule has 5 nitrogen and oxygen atoms in total. The van der Waals surface area contributed by atoms with E-state index in [1.165, 1.54) is 11.9 Å². The van der Waals surface area contributed by atoms with Gasteiger partial charge in [-0.15, -0.1) is 0 Å². The van der Waals surface area contributed by atoms with Crippen LogP contribution in [0.25, 0.3) is 0 Å². The molecule has 0 aromatic heterocycles. The van der Waals surface area contributed by atoms with E-state index in [0.717, 1.165) is 6.42 Å². The third kappa shape index (κ3) is 4.18. The Morgan fingerprint density at radius 3 is 2.20 bits per heavy atom. The van der Waals surface area contributed by atoms with Crippen LogP contribution in [0.3, 0.4) is 0 Å². The van der Waals surface area contributed by atoms with Crippen LogP contribution in [0, 0.1) is 0 Å². The average molecular weight is 216 g/mol. The van der Waals surface area contributed by atoms with Gasteiger partial charge in [0.2, 0.25) is 0 Å². The number of hydrogen-bond acceptors (Lipinski definition) is 2. The monoisotopic (exact) mass is 216 g/mol. The second-order valence-corrected chi connectivity index (χ2v) is 3.58. The average Bonchev–Trinajstić information content (AvgIpc) is 2.17. The maximum Gasteiger partial charge on any atom is 0.323 e. The summed E-state index contributed by atoms with van der Waals surface area (Å²) in [5, 5.41) is 8.57. The predicted molar refractivity (Wildman–Crippen MR) is 57.8 cm³/mol. The lowest BCUT2D eigenvalue weighted by atomic mass is 10.2. The molecule has 0 fully saturated rings. The first-order chi connectivity index (χ1) is 6.93. The van der Waals surface area contributed by atoms with Crippen molar-refractivity contribution in [2.45, 2.75) is 33.2 Å². The Balaban J connectivity index is 4.43. The summed E-state index contributed by atoms with van der Waals surface area (Å²) < 4.78 is 0. The van der Waals surface area contributed by atoms with Crippen molar-refractivity contribution in [3.63, 3.8) is 0 Å². The number of likely N-dealkylation sites (N-methyl/N-ethyl adjacent to an activating group) is 1. The first-order valence-electron chi connectivity index (χ1n) is 5.17. The van der Waals surface area contributed by atoms with Gasteiger partial charge in [0.15, 0.2) is 0 Å². The summed E-state index contributed by atoms with van der Waals surface area (Å²) >= 11 is 0. The molecule has 0 saturated heterocycles. The Hall–Kier alpha value is -1.26. The largest absolute Gasteiger partial charge is 0.480 e. The fraction of sp³-hybridized carbons (Fsp3) is 0.800. The fourth-order valence-electron chi connectivity index (χ4n) is 1.35. The first-order valence-corrected chi connectivity index (χ1v) is 5.17. The number of carbonyl (C=O) groups excluding carboxylic acids is 1. The number of hydrogen-bond donors (Lipinski definition) is 1. The molecule has 15 heavy (non-hydrogen) atoms. The summed E-state index contributed by atoms with van der Waals surface area (Å²) in [6.07, 6.45) is 0.862. The minimum atomic E-state index is -0.994. The van der Waals surface area contributed by atoms with Crippen LogP contribution in [0.15, 0.2) is 0 Å². The second-order valence-electron chi connectivity index (χ2n) is 3.58. The molecule has 0 heterocycles. The molecular weight excluding hydrogens is 196 g/mol. The summed E-state index contributed by atoms with van der Waals surface area (Å²) in [4.78, 5) is 25.1. The van der Waals surface area contributed by atoms with E-state index in [2.05, 4.69) is 0 Å². The molecule has 0 aliphatic heterocycles. The minimum absolute atomic E-state index is 0.138. The topological polar surface area (TPSA) is 60.9 Å². The van der Waals surface area contributed by atoms with Crippen LogP contribution >= 0.6 is 0 Å². The Morgan fingerprint density at radius 1 is 1.33 bits per heavy atom. The van der Waals surface area contributed by atoms with E-state index < -0.39 is 5.97 Å². The van der Waals surface area contributed by atoms with Crippen LogP contribution in [-0.2, 0) is 4.79 Å². The highest BCUT2D eigenvalue weighted by Gasteiger charge is 2.21. The molecule has 0 aliphatic rings. The third-order valence-corrected chi connectivity index (χ3v) is 2.41. The van der Waals surface area contributed by atoms with Crippen molar-refractivity contribution in [2.24, 2.45) is 0 Å². The van der Waals surface area contributed by atoms with Crippen LogP contribution in [0.2, 0.25) is 0 Å². The summed E-state index contributed by atoms with van der Waals surface area (Å²) in [5.41, 5.74) is 0. The molecule has 0 rings (SSSR count). The van der Waals surface area contributed by atoms with Crippen LogP contribution < -0.4 is 0 Å². The zero-order chi connectivity index (χ0) is 12.0. The number of amides is 2. The van der Waals surface area contributed by atoms with Gasteiger partial charge in [-0.1, -0.05) is 6.92 Å². The van der Waals surface area contributed by atoms with Crippen molar-refractivity contribution >= 4 is 12.0 Å². The normalized spacial score (nSPS) is 12.0. The Morgan fingerprint density at radius 2 is 1.87 bits per heavy atom. The molecule has 5 heteroatoms. The first kappa shape index (κ1) is 13.7. The number of nitrogens with zero attached hydrogens (tertiary/aromatic N) is 2. The van der Waals surface area contributed by atoms with Crippen LogP contribution in [0.4, 0.5) is 4.79 Å². The maximum atomic E-state index is 11.8. The lowest BCUT2D eigenvalue weighted by Crippen LogP contribution is -2.46.